The summed E-state index contributed by atoms with van der Waals surface area (Å²) in [5.41, 5.74) is 4.08. The van der Waals surface area contributed by atoms with Crippen LogP contribution >= 0.6 is 11.8 Å². The highest BCUT2D eigenvalue weighted by atomic mass is 35.5. The highest BCUT2D eigenvalue weighted by molar-refractivity contribution is 6.13. The molecular weight excluding hydrogens is 194 g/mol. The third-order valence-corrected chi connectivity index (χ3v) is 3.38. The number of hydrogen-bond acceptors (Lipinski definition) is 1. The van der Waals surface area contributed by atoms with Gasteiger partial charge in [-0.1, -0.05) is 18.2 Å². The summed E-state index contributed by atoms with van der Waals surface area (Å²) in [6.07, 6.45) is 2.52. The lowest BCUT2D eigenvalue weighted by Gasteiger charge is -2.15. The van der Waals surface area contributed by atoms with Crippen LogP contribution in [0.2, 0.25) is 0 Å². The van der Waals surface area contributed by atoms with Crippen LogP contribution in [0.3, 0.4) is 0 Å². The van der Waals surface area contributed by atoms with Crippen LogP contribution < -0.4 is 0 Å². The third-order valence-electron chi connectivity index (χ3n) is 2.98. The Hall–Kier alpha value is -0.530. The van der Waals surface area contributed by atoms with Gasteiger partial charge in [0, 0.05) is 12.6 Å². The van der Waals surface area contributed by atoms with Gasteiger partial charge in [0.1, 0.15) is 0 Å². The maximum atomic E-state index is 6.17. The van der Waals surface area contributed by atoms with Crippen molar-refractivity contribution in [3.63, 3.8) is 0 Å². The molecule has 1 aliphatic carbocycles. The Kier molecular flexibility index (Phi) is 2.80. The van der Waals surface area contributed by atoms with E-state index in [0.29, 0.717) is 6.04 Å². The summed E-state index contributed by atoms with van der Waals surface area (Å²) in [6, 6.07) is 7.04. The molecule has 1 aliphatic rings. The molecule has 1 nitrogen and oxygen atoms in total. The first-order valence-corrected chi connectivity index (χ1v) is 5.50. The molecule has 0 heterocycles. The standard InChI is InChI=1S/C12H16ClN/c1-9-4-3-5-11(10(9)2)8-14(13)12-6-7-12/h3-5,12H,6-8H2,1-2H3. The lowest BCUT2D eigenvalue weighted by molar-refractivity contribution is 0.440. The van der Waals surface area contributed by atoms with Gasteiger partial charge in [-0.25, -0.2) is 4.42 Å². The minimum atomic E-state index is 0.622. The van der Waals surface area contributed by atoms with Crippen molar-refractivity contribution in [2.24, 2.45) is 0 Å². The van der Waals surface area contributed by atoms with Crippen molar-refractivity contribution < 1.29 is 0 Å². The summed E-state index contributed by atoms with van der Waals surface area (Å²) in [4.78, 5) is 0. The summed E-state index contributed by atoms with van der Waals surface area (Å²) < 4.78 is 1.95. The second-order valence-corrected chi connectivity index (χ2v) is 4.58. The van der Waals surface area contributed by atoms with Gasteiger partial charge >= 0.3 is 0 Å². The van der Waals surface area contributed by atoms with Gasteiger partial charge in [-0.05, 0) is 55.2 Å². The molecule has 1 aromatic carbocycles. The Morgan fingerprint density at radius 1 is 1.36 bits per heavy atom. The number of nitrogens with zero attached hydrogens (tertiary/aromatic N) is 1. The molecule has 1 fully saturated rings. The second-order valence-electron chi connectivity index (χ2n) is 4.15. The molecule has 1 saturated carbocycles. The Morgan fingerprint density at radius 2 is 2.07 bits per heavy atom. The molecule has 0 saturated heterocycles. The maximum absolute atomic E-state index is 6.17. The SMILES string of the molecule is Cc1cccc(CN(Cl)C2CC2)c1C. The Bertz CT molecular complexity index is 331. The van der Waals surface area contributed by atoms with Crippen LogP contribution in [0, 0.1) is 13.8 Å². The number of hydrogen-bond donors (Lipinski definition) is 0. The minimum Gasteiger partial charge on any atom is -0.213 e. The van der Waals surface area contributed by atoms with Crippen molar-refractivity contribution in [2.75, 3.05) is 0 Å². The molecule has 14 heavy (non-hydrogen) atoms. The summed E-state index contributed by atoms with van der Waals surface area (Å²) >= 11 is 6.17. The molecule has 2 heteroatoms. The van der Waals surface area contributed by atoms with Crippen LogP contribution in [0.4, 0.5) is 0 Å². The molecule has 0 N–H and O–H groups in total. The molecule has 0 unspecified atom stereocenters. The van der Waals surface area contributed by atoms with E-state index in [1.807, 2.05) is 4.42 Å². The predicted molar refractivity (Wildman–Crippen MR) is 60.3 cm³/mol. The van der Waals surface area contributed by atoms with Gasteiger partial charge in [0.05, 0.1) is 0 Å². The van der Waals surface area contributed by atoms with Crippen LogP contribution in [0.5, 0.6) is 0 Å². The smallest absolute Gasteiger partial charge is 0.0395 e. The van der Waals surface area contributed by atoms with Gasteiger partial charge in [-0.3, -0.25) is 0 Å². The summed E-state index contributed by atoms with van der Waals surface area (Å²) in [5, 5.41) is 0. The van der Waals surface area contributed by atoms with Crippen LogP contribution in [-0.2, 0) is 6.54 Å². The van der Waals surface area contributed by atoms with Crippen molar-refractivity contribution >= 4 is 11.8 Å². The fourth-order valence-electron chi connectivity index (χ4n) is 1.63. The van der Waals surface area contributed by atoms with Gasteiger partial charge in [-0.15, -0.1) is 0 Å². The van der Waals surface area contributed by atoms with E-state index in [-0.39, 0.29) is 0 Å². The Morgan fingerprint density at radius 3 is 2.71 bits per heavy atom. The number of rotatable bonds is 3. The Labute approximate surface area is 90.8 Å². The minimum absolute atomic E-state index is 0.622. The molecule has 0 amide bonds. The van der Waals surface area contributed by atoms with Gasteiger partial charge in [-0.2, -0.15) is 0 Å². The molecule has 0 atom stereocenters. The summed E-state index contributed by atoms with van der Waals surface area (Å²) in [7, 11) is 0. The zero-order chi connectivity index (χ0) is 10.1. The van der Waals surface area contributed by atoms with Crippen LogP contribution in [0.25, 0.3) is 0 Å². The van der Waals surface area contributed by atoms with E-state index >= 15 is 0 Å². The first-order valence-electron chi connectivity index (χ1n) is 5.16. The Balaban J connectivity index is 2.11. The van der Waals surface area contributed by atoms with E-state index in [1.165, 1.54) is 29.5 Å². The first kappa shape index (κ1) is 10.0. The fraction of sp³-hybridized carbons (Fsp3) is 0.500. The molecule has 2 rings (SSSR count). The molecule has 0 bridgehead atoms. The lowest BCUT2D eigenvalue weighted by atomic mass is 10.0. The molecule has 0 spiro atoms. The monoisotopic (exact) mass is 209 g/mol. The quantitative estimate of drug-likeness (QED) is 0.690. The second kappa shape index (κ2) is 3.92. The topological polar surface area (TPSA) is 3.24 Å². The van der Waals surface area contributed by atoms with Gasteiger partial charge in [0.2, 0.25) is 0 Å². The average molecular weight is 210 g/mol. The normalized spacial score (nSPS) is 16.3. The maximum Gasteiger partial charge on any atom is 0.0395 e. The van der Waals surface area contributed by atoms with Crippen molar-refractivity contribution in [2.45, 2.75) is 39.3 Å². The van der Waals surface area contributed by atoms with Crippen molar-refractivity contribution in [3.05, 3.63) is 34.9 Å². The summed E-state index contributed by atoms with van der Waals surface area (Å²) in [6.45, 7) is 5.19. The molecule has 1 aromatic rings. The first-order chi connectivity index (χ1) is 6.68. The fourth-order valence-corrected chi connectivity index (χ4v) is 1.95. The zero-order valence-electron chi connectivity index (χ0n) is 8.76. The molecule has 0 aliphatic heterocycles. The van der Waals surface area contributed by atoms with E-state index in [0.717, 1.165) is 6.54 Å². The molecule has 76 valence electrons. The van der Waals surface area contributed by atoms with E-state index in [9.17, 15) is 0 Å². The van der Waals surface area contributed by atoms with E-state index in [2.05, 4.69) is 32.0 Å². The van der Waals surface area contributed by atoms with Gasteiger partial charge in [0.25, 0.3) is 0 Å². The van der Waals surface area contributed by atoms with Crippen molar-refractivity contribution in [1.29, 1.82) is 0 Å². The van der Waals surface area contributed by atoms with Gasteiger partial charge < -0.3 is 0 Å². The lowest BCUT2D eigenvalue weighted by Crippen LogP contribution is -2.14. The van der Waals surface area contributed by atoms with Crippen molar-refractivity contribution in [3.8, 4) is 0 Å². The average Bonchev–Trinajstić information content (AvgIpc) is 2.95. The molecule has 0 aromatic heterocycles. The number of benzene rings is 1. The van der Waals surface area contributed by atoms with Crippen molar-refractivity contribution in [1.82, 2.24) is 4.42 Å². The molecule has 0 radical (unpaired) electrons. The van der Waals surface area contributed by atoms with Crippen LogP contribution in [0.1, 0.15) is 29.5 Å². The van der Waals surface area contributed by atoms with Crippen LogP contribution in [-0.4, -0.2) is 10.5 Å². The molecular formula is C12H16ClN. The highest BCUT2D eigenvalue weighted by Crippen LogP contribution is 2.30. The van der Waals surface area contributed by atoms with E-state index in [1.54, 1.807) is 0 Å². The summed E-state index contributed by atoms with van der Waals surface area (Å²) in [5.74, 6) is 0. The predicted octanol–water partition coefficient (Wildman–Crippen LogP) is 3.42. The van der Waals surface area contributed by atoms with Gasteiger partial charge in [0.15, 0.2) is 0 Å². The highest BCUT2D eigenvalue weighted by Gasteiger charge is 2.28. The number of aryl methyl sites for hydroxylation is 1. The number of halogens is 1. The van der Waals surface area contributed by atoms with E-state index < -0.39 is 0 Å². The zero-order valence-corrected chi connectivity index (χ0v) is 9.51. The largest absolute Gasteiger partial charge is 0.213 e. The van der Waals surface area contributed by atoms with Crippen LogP contribution in [0.15, 0.2) is 18.2 Å². The van der Waals surface area contributed by atoms with E-state index in [4.69, 9.17) is 11.8 Å². The third kappa shape index (κ3) is 2.10.